The standard InChI is InChI=1S/C23H30N4O2/c1-4-18-5-7-19(8-6-18)17(2)24-22(28)23(29)25-20-9-11-21(12-10-20)27-15-13-26(3)14-16-27/h5-12,17H,4,13-16H2,1-3H3,(H,24,28)(H,25,29). The van der Waals surface area contributed by atoms with Gasteiger partial charge in [0.1, 0.15) is 0 Å². The number of carbonyl (C=O) groups is 2. The smallest absolute Gasteiger partial charge is 0.313 e. The predicted molar refractivity (Wildman–Crippen MR) is 117 cm³/mol. The minimum Gasteiger partial charge on any atom is -0.369 e. The average molecular weight is 395 g/mol. The average Bonchev–Trinajstić information content (AvgIpc) is 2.75. The molecule has 0 aromatic heterocycles. The molecule has 2 N–H and O–H groups in total. The van der Waals surface area contributed by atoms with E-state index in [4.69, 9.17) is 0 Å². The molecule has 1 aliphatic rings. The van der Waals surface area contributed by atoms with E-state index in [9.17, 15) is 9.59 Å². The molecule has 3 rings (SSSR count). The Kier molecular flexibility index (Phi) is 6.88. The molecule has 1 heterocycles. The van der Waals surface area contributed by atoms with Crippen molar-refractivity contribution in [3.8, 4) is 0 Å². The number of piperazine rings is 1. The van der Waals surface area contributed by atoms with Crippen LogP contribution < -0.4 is 15.5 Å². The summed E-state index contributed by atoms with van der Waals surface area (Å²) in [7, 11) is 2.13. The zero-order valence-corrected chi connectivity index (χ0v) is 17.4. The number of amides is 2. The van der Waals surface area contributed by atoms with Gasteiger partial charge < -0.3 is 20.4 Å². The molecule has 29 heavy (non-hydrogen) atoms. The van der Waals surface area contributed by atoms with Crippen LogP contribution in [0.5, 0.6) is 0 Å². The van der Waals surface area contributed by atoms with Crippen LogP contribution in [0.3, 0.4) is 0 Å². The van der Waals surface area contributed by atoms with Crippen molar-refractivity contribution >= 4 is 23.2 Å². The normalized spacial score (nSPS) is 15.6. The molecule has 0 saturated carbocycles. The molecule has 0 aliphatic carbocycles. The molecule has 1 saturated heterocycles. The van der Waals surface area contributed by atoms with Gasteiger partial charge in [-0.25, -0.2) is 0 Å². The SMILES string of the molecule is CCc1ccc(C(C)NC(=O)C(=O)Nc2ccc(N3CCN(C)CC3)cc2)cc1. The van der Waals surface area contributed by atoms with Gasteiger partial charge in [-0.15, -0.1) is 0 Å². The van der Waals surface area contributed by atoms with Crippen molar-refractivity contribution < 1.29 is 9.59 Å². The van der Waals surface area contributed by atoms with Gasteiger partial charge in [0.25, 0.3) is 0 Å². The van der Waals surface area contributed by atoms with Crippen LogP contribution in [0, 0.1) is 0 Å². The maximum Gasteiger partial charge on any atom is 0.313 e. The van der Waals surface area contributed by atoms with Gasteiger partial charge in [0.15, 0.2) is 0 Å². The van der Waals surface area contributed by atoms with Crippen molar-refractivity contribution in [2.24, 2.45) is 0 Å². The lowest BCUT2D eigenvalue weighted by atomic mass is 10.1. The summed E-state index contributed by atoms with van der Waals surface area (Å²) < 4.78 is 0. The predicted octanol–water partition coefficient (Wildman–Crippen LogP) is 2.82. The van der Waals surface area contributed by atoms with Crippen LogP contribution in [0.25, 0.3) is 0 Å². The molecule has 6 heteroatoms. The monoisotopic (exact) mass is 394 g/mol. The summed E-state index contributed by atoms with van der Waals surface area (Å²) in [5.74, 6) is -1.30. The third kappa shape index (κ3) is 5.57. The van der Waals surface area contributed by atoms with E-state index in [1.165, 1.54) is 5.56 Å². The summed E-state index contributed by atoms with van der Waals surface area (Å²) in [6.07, 6.45) is 0.969. The summed E-state index contributed by atoms with van der Waals surface area (Å²) in [5, 5.41) is 5.43. The number of hydrogen-bond acceptors (Lipinski definition) is 4. The number of anilines is 2. The van der Waals surface area contributed by atoms with E-state index < -0.39 is 11.8 Å². The fraction of sp³-hybridized carbons (Fsp3) is 0.391. The second kappa shape index (κ2) is 9.56. The zero-order chi connectivity index (χ0) is 20.8. The van der Waals surface area contributed by atoms with Crippen LogP contribution in [-0.2, 0) is 16.0 Å². The van der Waals surface area contributed by atoms with E-state index in [0.29, 0.717) is 5.69 Å². The van der Waals surface area contributed by atoms with Gasteiger partial charge in [-0.3, -0.25) is 9.59 Å². The van der Waals surface area contributed by atoms with Crippen molar-refractivity contribution in [2.45, 2.75) is 26.3 Å². The molecule has 0 bridgehead atoms. The van der Waals surface area contributed by atoms with Crippen LogP contribution in [0.1, 0.15) is 31.0 Å². The van der Waals surface area contributed by atoms with Gasteiger partial charge in [-0.1, -0.05) is 31.2 Å². The molecule has 1 atom stereocenters. The molecular formula is C23H30N4O2. The maximum absolute atomic E-state index is 12.3. The Bertz CT molecular complexity index is 825. The first kappa shape index (κ1) is 20.9. The second-order valence-electron chi connectivity index (χ2n) is 7.58. The van der Waals surface area contributed by atoms with Crippen molar-refractivity contribution in [3.63, 3.8) is 0 Å². The summed E-state index contributed by atoms with van der Waals surface area (Å²) in [4.78, 5) is 29.2. The molecule has 2 aromatic carbocycles. The van der Waals surface area contributed by atoms with Crippen LogP contribution in [-0.4, -0.2) is 49.9 Å². The first-order chi connectivity index (χ1) is 14.0. The van der Waals surface area contributed by atoms with Crippen LogP contribution in [0.15, 0.2) is 48.5 Å². The maximum atomic E-state index is 12.3. The minimum atomic E-state index is -0.658. The number of likely N-dealkylation sites (N-methyl/N-ethyl adjacent to an activating group) is 1. The third-order valence-corrected chi connectivity index (χ3v) is 5.44. The Morgan fingerprint density at radius 1 is 0.931 bits per heavy atom. The number of hydrogen-bond donors (Lipinski definition) is 2. The molecule has 1 aliphatic heterocycles. The molecular weight excluding hydrogens is 364 g/mol. The fourth-order valence-corrected chi connectivity index (χ4v) is 3.40. The summed E-state index contributed by atoms with van der Waals surface area (Å²) in [5.41, 5.74) is 3.96. The number of rotatable bonds is 5. The Labute approximate surface area is 172 Å². The molecule has 0 radical (unpaired) electrons. The van der Waals surface area contributed by atoms with Crippen LogP contribution >= 0.6 is 0 Å². The number of nitrogens with one attached hydrogen (secondary N) is 2. The molecule has 6 nitrogen and oxygen atoms in total. The Balaban J connectivity index is 1.52. The van der Waals surface area contributed by atoms with E-state index in [-0.39, 0.29) is 6.04 Å². The quantitative estimate of drug-likeness (QED) is 0.766. The highest BCUT2D eigenvalue weighted by Crippen LogP contribution is 2.19. The van der Waals surface area contributed by atoms with E-state index in [2.05, 4.69) is 34.4 Å². The van der Waals surface area contributed by atoms with Crippen molar-refractivity contribution in [1.29, 1.82) is 0 Å². The number of carbonyl (C=O) groups excluding carboxylic acids is 2. The van der Waals surface area contributed by atoms with Crippen molar-refractivity contribution in [2.75, 3.05) is 43.4 Å². The van der Waals surface area contributed by atoms with E-state index in [1.807, 2.05) is 55.5 Å². The van der Waals surface area contributed by atoms with E-state index >= 15 is 0 Å². The Morgan fingerprint density at radius 2 is 1.55 bits per heavy atom. The lowest BCUT2D eigenvalue weighted by Crippen LogP contribution is -2.44. The Morgan fingerprint density at radius 3 is 2.14 bits per heavy atom. The van der Waals surface area contributed by atoms with Gasteiger partial charge in [-0.2, -0.15) is 0 Å². The lowest BCUT2D eigenvalue weighted by Gasteiger charge is -2.34. The van der Waals surface area contributed by atoms with Gasteiger partial charge in [0.05, 0.1) is 6.04 Å². The Hall–Kier alpha value is -2.86. The molecule has 154 valence electrons. The minimum absolute atomic E-state index is 0.237. The number of nitrogens with zero attached hydrogens (tertiary/aromatic N) is 2. The largest absolute Gasteiger partial charge is 0.369 e. The highest BCUT2D eigenvalue weighted by molar-refractivity contribution is 6.39. The zero-order valence-electron chi connectivity index (χ0n) is 17.4. The first-order valence-electron chi connectivity index (χ1n) is 10.2. The summed E-state index contributed by atoms with van der Waals surface area (Å²) in [6, 6.07) is 15.5. The van der Waals surface area contributed by atoms with Crippen molar-refractivity contribution in [1.82, 2.24) is 10.2 Å². The van der Waals surface area contributed by atoms with Crippen molar-refractivity contribution in [3.05, 3.63) is 59.7 Å². The molecule has 2 aromatic rings. The first-order valence-corrected chi connectivity index (χ1v) is 10.2. The third-order valence-electron chi connectivity index (χ3n) is 5.44. The summed E-state index contributed by atoms with van der Waals surface area (Å²) in [6.45, 7) is 8.03. The van der Waals surface area contributed by atoms with Gasteiger partial charge in [0.2, 0.25) is 0 Å². The number of aryl methyl sites for hydroxylation is 1. The second-order valence-corrected chi connectivity index (χ2v) is 7.58. The lowest BCUT2D eigenvalue weighted by molar-refractivity contribution is -0.136. The van der Waals surface area contributed by atoms with Crippen LogP contribution in [0.4, 0.5) is 11.4 Å². The molecule has 1 fully saturated rings. The topological polar surface area (TPSA) is 64.7 Å². The molecule has 1 unspecified atom stereocenters. The fourth-order valence-electron chi connectivity index (χ4n) is 3.40. The van der Waals surface area contributed by atoms with Gasteiger partial charge in [-0.05, 0) is 55.8 Å². The summed E-state index contributed by atoms with van der Waals surface area (Å²) >= 11 is 0. The van der Waals surface area contributed by atoms with E-state index in [0.717, 1.165) is 43.9 Å². The molecule has 0 spiro atoms. The van der Waals surface area contributed by atoms with Gasteiger partial charge in [0, 0.05) is 37.6 Å². The van der Waals surface area contributed by atoms with Gasteiger partial charge >= 0.3 is 11.8 Å². The number of benzene rings is 2. The highest BCUT2D eigenvalue weighted by Gasteiger charge is 2.18. The highest BCUT2D eigenvalue weighted by atomic mass is 16.2. The van der Waals surface area contributed by atoms with E-state index in [1.54, 1.807) is 0 Å². The molecule has 2 amide bonds. The van der Waals surface area contributed by atoms with Crippen LogP contribution in [0.2, 0.25) is 0 Å².